The van der Waals surface area contributed by atoms with E-state index in [4.69, 9.17) is 39.5 Å². The van der Waals surface area contributed by atoms with Crippen molar-refractivity contribution in [2.75, 3.05) is 6.61 Å². The topological polar surface area (TPSA) is 111 Å². The standard InChI is InChI=1S/C15H12Cl3N3O5S/c1-9(8-26-11-4-2-10(3-5-11)21(22)23)19-20-27(24,25)15-7-13(17)12(16)6-14(15)18/h2-7,20H,8H2,1H3/b19-9-. The van der Waals surface area contributed by atoms with Gasteiger partial charge in [0.25, 0.3) is 15.7 Å². The summed E-state index contributed by atoms with van der Waals surface area (Å²) >= 11 is 17.5. The number of benzene rings is 2. The number of hydrogen-bond acceptors (Lipinski definition) is 6. The van der Waals surface area contributed by atoms with Gasteiger partial charge in [0.1, 0.15) is 17.3 Å². The summed E-state index contributed by atoms with van der Waals surface area (Å²) < 4.78 is 30.0. The molecule has 0 saturated carbocycles. The molecule has 12 heteroatoms. The van der Waals surface area contributed by atoms with Gasteiger partial charge in [0.2, 0.25) is 0 Å². The lowest BCUT2D eigenvalue weighted by Gasteiger charge is -2.09. The van der Waals surface area contributed by atoms with Crippen LogP contribution in [0.1, 0.15) is 6.92 Å². The molecule has 0 bridgehead atoms. The van der Waals surface area contributed by atoms with Crippen LogP contribution in [0.5, 0.6) is 5.75 Å². The van der Waals surface area contributed by atoms with E-state index in [0.29, 0.717) is 11.5 Å². The van der Waals surface area contributed by atoms with E-state index >= 15 is 0 Å². The smallest absolute Gasteiger partial charge is 0.278 e. The maximum Gasteiger partial charge on any atom is 0.278 e. The van der Waals surface area contributed by atoms with E-state index in [-0.39, 0.29) is 32.3 Å². The Balaban J connectivity index is 2.04. The molecule has 8 nitrogen and oxygen atoms in total. The van der Waals surface area contributed by atoms with Gasteiger partial charge in [-0.1, -0.05) is 34.8 Å². The Bertz CT molecular complexity index is 995. The summed E-state index contributed by atoms with van der Waals surface area (Å²) in [7, 11) is -4.07. The number of ether oxygens (including phenoxy) is 1. The fraction of sp³-hybridized carbons (Fsp3) is 0.133. The Morgan fingerprint density at radius 2 is 1.74 bits per heavy atom. The number of nitro groups is 1. The molecule has 0 fully saturated rings. The highest BCUT2D eigenvalue weighted by Gasteiger charge is 2.19. The molecule has 0 saturated heterocycles. The minimum atomic E-state index is -4.07. The molecule has 0 aliphatic heterocycles. The van der Waals surface area contributed by atoms with Gasteiger partial charge in [-0.15, -0.1) is 0 Å². The van der Waals surface area contributed by atoms with Crippen LogP contribution in [0.2, 0.25) is 15.1 Å². The maximum absolute atomic E-state index is 12.3. The second-order valence-corrected chi connectivity index (χ2v) is 8.03. The zero-order valence-corrected chi connectivity index (χ0v) is 16.7. The monoisotopic (exact) mass is 451 g/mol. The van der Waals surface area contributed by atoms with Gasteiger partial charge >= 0.3 is 0 Å². The van der Waals surface area contributed by atoms with Gasteiger partial charge in [-0.05, 0) is 31.2 Å². The van der Waals surface area contributed by atoms with Crippen LogP contribution in [0.4, 0.5) is 5.69 Å². The van der Waals surface area contributed by atoms with Gasteiger partial charge in [0.15, 0.2) is 0 Å². The van der Waals surface area contributed by atoms with Crippen molar-refractivity contribution in [1.29, 1.82) is 0 Å². The first kappa shape index (κ1) is 21.2. The van der Waals surface area contributed by atoms with Gasteiger partial charge in [0.05, 0.1) is 25.7 Å². The van der Waals surface area contributed by atoms with Crippen molar-refractivity contribution < 1.29 is 18.1 Å². The van der Waals surface area contributed by atoms with E-state index in [1.165, 1.54) is 37.3 Å². The van der Waals surface area contributed by atoms with Crippen LogP contribution >= 0.6 is 34.8 Å². The van der Waals surface area contributed by atoms with Crippen molar-refractivity contribution in [1.82, 2.24) is 4.83 Å². The molecule has 0 aromatic heterocycles. The molecule has 2 aromatic rings. The average molecular weight is 453 g/mol. The molecule has 144 valence electrons. The van der Waals surface area contributed by atoms with Crippen molar-refractivity contribution in [3.63, 3.8) is 0 Å². The molecule has 0 aliphatic carbocycles. The van der Waals surface area contributed by atoms with Crippen LogP contribution in [0.3, 0.4) is 0 Å². The highest BCUT2D eigenvalue weighted by Crippen LogP contribution is 2.31. The summed E-state index contributed by atoms with van der Waals surface area (Å²) in [5.41, 5.74) is 0.229. The first-order valence-electron chi connectivity index (χ1n) is 7.17. The predicted molar refractivity (Wildman–Crippen MR) is 103 cm³/mol. The highest BCUT2D eigenvalue weighted by molar-refractivity contribution is 7.89. The molecule has 1 N–H and O–H groups in total. The van der Waals surface area contributed by atoms with Crippen molar-refractivity contribution >= 4 is 56.2 Å². The average Bonchev–Trinajstić information content (AvgIpc) is 2.61. The number of rotatable bonds is 7. The molecule has 0 unspecified atom stereocenters. The molecule has 27 heavy (non-hydrogen) atoms. The van der Waals surface area contributed by atoms with Crippen LogP contribution in [-0.4, -0.2) is 25.7 Å². The lowest BCUT2D eigenvalue weighted by molar-refractivity contribution is -0.384. The Labute approximate surface area is 169 Å². The van der Waals surface area contributed by atoms with E-state index in [0.717, 1.165) is 6.07 Å². The molecule has 2 aromatic carbocycles. The number of nitro benzene ring substituents is 1. The minimum Gasteiger partial charge on any atom is -0.488 e. The quantitative estimate of drug-likeness (QED) is 0.291. The molecule has 0 spiro atoms. The van der Waals surface area contributed by atoms with Crippen molar-refractivity contribution in [2.24, 2.45) is 5.10 Å². The van der Waals surface area contributed by atoms with E-state index in [2.05, 4.69) is 5.10 Å². The predicted octanol–water partition coefficient (Wildman–Crippen LogP) is 4.29. The number of halogens is 3. The number of hydrazone groups is 1. The van der Waals surface area contributed by atoms with Crippen molar-refractivity contribution in [3.05, 3.63) is 61.6 Å². The molecule has 0 heterocycles. The zero-order chi connectivity index (χ0) is 20.2. The molecule has 0 atom stereocenters. The lowest BCUT2D eigenvalue weighted by atomic mass is 10.3. The zero-order valence-electron chi connectivity index (χ0n) is 13.6. The van der Waals surface area contributed by atoms with Crippen molar-refractivity contribution in [2.45, 2.75) is 11.8 Å². The number of nitrogens with zero attached hydrogens (tertiary/aromatic N) is 2. The van der Waals surface area contributed by atoms with E-state index < -0.39 is 14.9 Å². The molecular weight excluding hydrogens is 441 g/mol. The number of nitrogens with one attached hydrogen (secondary N) is 1. The highest BCUT2D eigenvalue weighted by atomic mass is 35.5. The van der Waals surface area contributed by atoms with Crippen LogP contribution < -0.4 is 9.57 Å². The van der Waals surface area contributed by atoms with Crippen LogP contribution in [0.15, 0.2) is 46.4 Å². The third-order valence-electron chi connectivity index (χ3n) is 3.12. The number of sulfonamides is 1. The fourth-order valence-electron chi connectivity index (χ4n) is 1.78. The second kappa shape index (κ2) is 8.75. The summed E-state index contributed by atoms with van der Waals surface area (Å²) in [5.74, 6) is 0.366. The second-order valence-electron chi connectivity index (χ2n) is 5.18. The van der Waals surface area contributed by atoms with Crippen LogP contribution in [0.25, 0.3) is 0 Å². The Morgan fingerprint density at radius 1 is 1.15 bits per heavy atom. The van der Waals surface area contributed by atoms with Gasteiger partial charge in [-0.3, -0.25) is 10.1 Å². The van der Waals surface area contributed by atoms with Crippen molar-refractivity contribution in [3.8, 4) is 5.75 Å². The summed E-state index contributed by atoms with van der Waals surface area (Å²) in [6.45, 7) is 1.49. The number of hydrogen-bond donors (Lipinski definition) is 1. The van der Waals surface area contributed by atoms with Crippen LogP contribution in [-0.2, 0) is 10.0 Å². The van der Waals surface area contributed by atoms with Gasteiger partial charge in [0, 0.05) is 12.1 Å². The maximum atomic E-state index is 12.3. The van der Waals surface area contributed by atoms with Gasteiger partial charge in [-0.25, -0.2) is 0 Å². The van der Waals surface area contributed by atoms with Crippen LogP contribution in [0, 0.1) is 10.1 Å². The van der Waals surface area contributed by atoms with Gasteiger partial charge in [-0.2, -0.15) is 18.4 Å². The molecule has 0 radical (unpaired) electrons. The van der Waals surface area contributed by atoms with E-state index in [1.807, 2.05) is 4.83 Å². The molecule has 0 aliphatic rings. The third kappa shape index (κ3) is 5.70. The summed E-state index contributed by atoms with van der Waals surface area (Å²) in [5, 5.41) is 14.4. The first-order chi connectivity index (χ1) is 12.6. The Morgan fingerprint density at radius 3 is 2.33 bits per heavy atom. The third-order valence-corrected chi connectivity index (χ3v) is 5.51. The Hall–Kier alpha value is -2.07. The molecule has 2 rings (SSSR count). The summed E-state index contributed by atoms with van der Waals surface area (Å²) in [4.78, 5) is 11.8. The van der Waals surface area contributed by atoms with Gasteiger partial charge < -0.3 is 4.74 Å². The first-order valence-corrected chi connectivity index (χ1v) is 9.78. The summed E-state index contributed by atoms with van der Waals surface area (Å²) in [6.07, 6.45) is 0. The minimum absolute atomic E-state index is 0.0312. The Kier molecular flexibility index (Phi) is 6.88. The molecule has 0 amide bonds. The van der Waals surface area contributed by atoms with E-state index in [9.17, 15) is 18.5 Å². The SMILES string of the molecule is C/C(COc1ccc([N+](=O)[O-])cc1)=N/NS(=O)(=O)c1cc(Cl)c(Cl)cc1Cl. The fourth-order valence-corrected chi connectivity index (χ4v) is 3.66. The summed E-state index contributed by atoms with van der Waals surface area (Å²) in [6, 6.07) is 7.75. The van der Waals surface area contributed by atoms with E-state index in [1.54, 1.807) is 0 Å². The normalized spacial score (nSPS) is 11.9. The molecular formula is C15H12Cl3N3O5S. The largest absolute Gasteiger partial charge is 0.488 e. The lowest BCUT2D eigenvalue weighted by Crippen LogP contribution is -2.22. The number of non-ortho nitro benzene ring substituents is 1.